The molecule has 0 aliphatic carbocycles. The number of hydrogen-bond donors (Lipinski definition) is 0. The van der Waals surface area contributed by atoms with Crippen molar-refractivity contribution in [2.24, 2.45) is 5.41 Å². The molecule has 3 heterocycles. The van der Waals surface area contributed by atoms with Gasteiger partial charge in [-0.15, -0.1) is 0 Å². The predicted molar refractivity (Wildman–Crippen MR) is 86.5 cm³/mol. The minimum absolute atomic E-state index is 0.0825. The number of morpholine rings is 1. The van der Waals surface area contributed by atoms with Crippen LogP contribution < -0.4 is 0 Å². The summed E-state index contributed by atoms with van der Waals surface area (Å²) in [6, 6.07) is 0.0825. The van der Waals surface area contributed by atoms with Gasteiger partial charge >= 0.3 is 0 Å². The van der Waals surface area contributed by atoms with Crippen molar-refractivity contribution in [2.75, 3.05) is 52.2 Å². The van der Waals surface area contributed by atoms with Crippen LogP contribution in [0.3, 0.4) is 0 Å². The molecule has 23 heavy (non-hydrogen) atoms. The predicted octanol–water partition coefficient (Wildman–Crippen LogP) is -0.410. The summed E-state index contributed by atoms with van der Waals surface area (Å²) in [6.45, 7) is 9.94. The molecule has 7 nitrogen and oxygen atoms in total. The molecule has 0 bridgehead atoms. The van der Waals surface area contributed by atoms with Crippen molar-refractivity contribution in [1.82, 2.24) is 14.1 Å². The summed E-state index contributed by atoms with van der Waals surface area (Å²) in [5.41, 5.74) is -0.659. The second kappa shape index (κ2) is 5.40. The van der Waals surface area contributed by atoms with Crippen LogP contribution in [0.15, 0.2) is 0 Å². The minimum atomic E-state index is -3.24. The number of likely N-dealkylation sites (tertiary alicyclic amines) is 1. The Hall–Kier alpha value is -0.700. The first-order valence-electron chi connectivity index (χ1n) is 8.12. The average Bonchev–Trinajstić information content (AvgIpc) is 2.40. The molecular weight excluding hydrogens is 318 g/mol. The Balaban J connectivity index is 1.81. The lowest BCUT2D eigenvalue weighted by Gasteiger charge is -2.63. The van der Waals surface area contributed by atoms with Gasteiger partial charge in [0.15, 0.2) is 0 Å². The molecule has 0 radical (unpaired) electrons. The number of hydrogen-bond acceptors (Lipinski definition) is 5. The molecule has 0 unspecified atom stereocenters. The maximum Gasteiger partial charge on any atom is 0.228 e. The van der Waals surface area contributed by atoms with E-state index < -0.39 is 15.4 Å². The van der Waals surface area contributed by atoms with Gasteiger partial charge in [-0.25, -0.2) is 8.42 Å². The van der Waals surface area contributed by atoms with Gasteiger partial charge in [-0.05, 0) is 0 Å². The monoisotopic (exact) mass is 345 g/mol. The molecule has 1 spiro atoms. The zero-order valence-corrected chi connectivity index (χ0v) is 15.2. The highest BCUT2D eigenvalue weighted by Crippen LogP contribution is 2.38. The van der Waals surface area contributed by atoms with Crippen molar-refractivity contribution in [3.63, 3.8) is 0 Å². The van der Waals surface area contributed by atoms with Gasteiger partial charge in [0, 0.05) is 44.2 Å². The van der Waals surface area contributed by atoms with Crippen molar-refractivity contribution in [3.8, 4) is 0 Å². The number of piperazine rings is 1. The van der Waals surface area contributed by atoms with Crippen molar-refractivity contribution >= 4 is 15.9 Å². The van der Waals surface area contributed by atoms with Crippen LogP contribution in [0.1, 0.15) is 20.8 Å². The van der Waals surface area contributed by atoms with E-state index >= 15 is 0 Å². The zero-order valence-electron chi connectivity index (χ0n) is 14.4. The van der Waals surface area contributed by atoms with Gasteiger partial charge in [-0.3, -0.25) is 9.69 Å². The molecule has 0 N–H and O–H groups in total. The fourth-order valence-electron chi connectivity index (χ4n) is 3.97. The number of sulfonamides is 1. The van der Waals surface area contributed by atoms with E-state index in [-0.39, 0.29) is 17.5 Å². The Kier molecular flexibility index (Phi) is 4.03. The molecule has 0 saturated carbocycles. The molecule has 132 valence electrons. The Morgan fingerprint density at radius 1 is 1.22 bits per heavy atom. The van der Waals surface area contributed by atoms with E-state index in [4.69, 9.17) is 4.74 Å². The van der Waals surface area contributed by atoms with Crippen LogP contribution in [0, 0.1) is 5.41 Å². The third-order valence-corrected chi connectivity index (χ3v) is 6.31. The number of nitrogens with zero attached hydrogens (tertiary/aromatic N) is 3. The van der Waals surface area contributed by atoms with Crippen molar-refractivity contribution in [1.29, 1.82) is 0 Å². The number of carbonyl (C=O) groups excluding carboxylic acids is 1. The quantitative estimate of drug-likeness (QED) is 0.646. The zero-order chi connectivity index (χ0) is 17.0. The highest BCUT2D eigenvalue weighted by molar-refractivity contribution is 7.88. The van der Waals surface area contributed by atoms with Gasteiger partial charge in [0.05, 0.1) is 25.0 Å². The fraction of sp³-hybridized carbons (Fsp3) is 0.933. The standard InChI is InChI=1S/C15H27N3O4S/c1-14(2,3)13(19)16-9-15(10-16)11-17(23(4,20)21)7-12-8-22-6-5-18(12)15/h12H,5-11H2,1-4H3/t12-/m1/s1. The summed E-state index contributed by atoms with van der Waals surface area (Å²) in [7, 11) is -3.24. The van der Waals surface area contributed by atoms with E-state index in [2.05, 4.69) is 4.90 Å². The first kappa shape index (κ1) is 17.1. The highest BCUT2D eigenvalue weighted by Gasteiger charge is 2.57. The van der Waals surface area contributed by atoms with Gasteiger partial charge in [0.25, 0.3) is 0 Å². The maximum absolute atomic E-state index is 12.5. The van der Waals surface area contributed by atoms with Crippen LogP contribution in [0.4, 0.5) is 0 Å². The first-order chi connectivity index (χ1) is 10.5. The van der Waals surface area contributed by atoms with Gasteiger partial charge in [-0.2, -0.15) is 4.31 Å². The van der Waals surface area contributed by atoms with Crippen molar-refractivity contribution in [2.45, 2.75) is 32.4 Å². The first-order valence-corrected chi connectivity index (χ1v) is 9.97. The summed E-state index contributed by atoms with van der Waals surface area (Å²) >= 11 is 0. The molecule has 8 heteroatoms. The number of carbonyl (C=O) groups is 1. The SMILES string of the molecule is CC(C)(C)C(=O)N1CC2(C1)CN(S(C)(=O)=O)C[C@@H]1COCCN12. The molecule has 0 aromatic heterocycles. The maximum atomic E-state index is 12.5. The molecule has 0 aromatic rings. The van der Waals surface area contributed by atoms with Crippen LogP contribution in [0.5, 0.6) is 0 Å². The number of rotatable bonds is 1. The van der Waals surface area contributed by atoms with E-state index in [1.165, 1.54) is 6.26 Å². The molecule has 1 atom stereocenters. The van der Waals surface area contributed by atoms with Crippen LogP contribution in [-0.4, -0.2) is 92.2 Å². The third kappa shape index (κ3) is 3.01. The van der Waals surface area contributed by atoms with E-state index in [0.717, 1.165) is 6.54 Å². The molecule has 3 aliphatic rings. The molecule has 1 amide bonds. The second-order valence-corrected chi connectivity index (χ2v) is 10.1. The van der Waals surface area contributed by atoms with E-state index in [1.54, 1.807) is 4.31 Å². The van der Waals surface area contributed by atoms with Crippen LogP contribution >= 0.6 is 0 Å². The van der Waals surface area contributed by atoms with Gasteiger partial charge in [-0.1, -0.05) is 20.8 Å². The summed E-state index contributed by atoms with van der Waals surface area (Å²) in [5.74, 6) is 0.129. The molecule has 3 rings (SSSR count). The van der Waals surface area contributed by atoms with E-state index in [1.807, 2.05) is 25.7 Å². The second-order valence-electron chi connectivity index (χ2n) is 8.11. The largest absolute Gasteiger partial charge is 0.378 e. The summed E-state index contributed by atoms with van der Waals surface area (Å²) in [5, 5.41) is 0. The Morgan fingerprint density at radius 3 is 2.43 bits per heavy atom. The van der Waals surface area contributed by atoms with Crippen LogP contribution in [0.2, 0.25) is 0 Å². The van der Waals surface area contributed by atoms with Crippen LogP contribution in [0.25, 0.3) is 0 Å². The third-order valence-electron chi connectivity index (χ3n) is 5.09. The lowest BCUT2D eigenvalue weighted by molar-refractivity contribution is -0.175. The number of ether oxygens (including phenoxy) is 1. The molecule has 0 aromatic carbocycles. The lowest BCUT2D eigenvalue weighted by atomic mass is 9.81. The highest BCUT2D eigenvalue weighted by atomic mass is 32.2. The smallest absolute Gasteiger partial charge is 0.228 e. The van der Waals surface area contributed by atoms with Crippen molar-refractivity contribution in [3.05, 3.63) is 0 Å². The summed E-state index contributed by atoms with van der Waals surface area (Å²) in [4.78, 5) is 16.7. The Bertz CT molecular complexity index is 592. The van der Waals surface area contributed by atoms with E-state index in [0.29, 0.717) is 39.4 Å². The minimum Gasteiger partial charge on any atom is -0.378 e. The lowest BCUT2D eigenvalue weighted by Crippen LogP contribution is -2.81. The number of amides is 1. The molecular formula is C15H27N3O4S. The molecule has 3 saturated heterocycles. The number of fused-ring (bicyclic) bond motifs is 2. The van der Waals surface area contributed by atoms with Gasteiger partial charge in [0.2, 0.25) is 15.9 Å². The molecule has 3 aliphatic heterocycles. The van der Waals surface area contributed by atoms with Gasteiger partial charge in [0.1, 0.15) is 0 Å². The Morgan fingerprint density at radius 2 is 1.87 bits per heavy atom. The molecule has 3 fully saturated rings. The Labute approximate surface area is 138 Å². The normalized spacial score (nSPS) is 29.2. The van der Waals surface area contributed by atoms with Crippen LogP contribution in [-0.2, 0) is 19.6 Å². The van der Waals surface area contributed by atoms with Gasteiger partial charge < -0.3 is 9.64 Å². The van der Waals surface area contributed by atoms with E-state index in [9.17, 15) is 13.2 Å². The fourth-order valence-corrected chi connectivity index (χ4v) is 4.88. The summed E-state index contributed by atoms with van der Waals surface area (Å²) in [6.07, 6.45) is 1.26. The van der Waals surface area contributed by atoms with Crippen molar-refractivity contribution < 1.29 is 17.9 Å². The topological polar surface area (TPSA) is 70.2 Å². The summed E-state index contributed by atoms with van der Waals surface area (Å²) < 4.78 is 31.2. The average molecular weight is 345 g/mol.